The van der Waals surface area contributed by atoms with Crippen molar-refractivity contribution in [3.63, 3.8) is 0 Å². The van der Waals surface area contributed by atoms with Gasteiger partial charge in [0, 0.05) is 11.6 Å². The molecule has 5 atom stereocenters. The third kappa shape index (κ3) is 9.91. The van der Waals surface area contributed by atoms with E-state index in [9.17, 15) is 9.59 Å². The van der Waals surface area contributed by atoms with E-state index in [1.54, 1.807) is 37.3 Å². The van der Waals surface area contributed by atoms with Crippen molar-refractivity contribution >= 4 is 11.9 Å². The predicted octanol–water partition coefficient (Wildman–Crippen LogP) is 8.28. The summed E-state index contributed by atoms with van der Waals surface area (Å²) in [6.45, 7) is 5.43. The molecule has 0 bridgehead atoms. The topological polar surface area (TPSA) is 89.5 Å². The second-order valence-electron chi connectivity index (χ2n) is 12.6. The summed E-state index contributed by atoms with van der Waals surface area (Å²) in [5.74, 6) is -1.76. The maximum Gasteiger partial charge on any atom is 0.338 e. The third-order valence-electron chi connectivity index (χ3n) is 8.82. The molecule has 53 heavy (non-hydrogen) atoms. The van der Waals surface area contributed by atoms with E-state index >= 15 is 4.39 Å². The molecular weight excluding hydrogens is 675 g/mol. The van der Waals surface area contributed by atoms with Crippen LogP contribution in [-0.2, 0) is 48.3 Å². The van der Waals surface area contributed by atoms with Crippen LogP contribution in [0.3, 0.4) is 0 Å². The number of carbonyl (C=O) groups excluding carboxylic acids is 2. The zero-order valence-corrected chi connectivity index (χ0v) is 29.3. The van der Waals surface area contributed by atoms with Gasteiger partial charge in [-0.1, -0.05) is 116 Å². The molecule has 272 valence electrons. The Labute approximate surface area is 308 Å². The SMILES string of the molecule is C=CC(=O)Oc1c(C)cc(F)cc1[C@H]1O[C@H](COC(=O)c2ccccc2)[C@@H](OCc2ccccc2)[C@H](OCc2ccccc2)[C@@H]1OCc1ccccc1. The minimum absolute atomic E-state index is 0.0973. The highest BCUT2D eigenvalue weighted by Gasteiger charge is 2.50. The Hall–Kier alpha value is -5.45. The molecule has 1 heterocycles. The standard InChI is InChI=1S/C44H41FO8/c1-3-38(46)53-39-30(2)24-35(45)25-36(39)40-42(49-27-32-18-10-5-11-19-32)43(50-28-33-20-12-6-13-21-33)41(48-26-31-16-8-4-9-17-31)37(52-40)29-51-44(47)34-22-14-7-15-23-34/h3-25,37,40-43H,1,26-29H2,2H3/t37-,40-,41-,42-,43+/m1/s1. The summed E-state index contributed by atoms with van der Waals surface area (Å²) >= 11 is 0. The molecule has 0 unspecified atom stereocenters. The van der Waals surface area contributed by atoms with Gasteiger partial charge in [-0.05, 0) is 53.4 Å². The van der Waals surface area contributed by atoms with Crippen molar-refractivity contribution in [1.29, 1.82) is 0 Å². The molecule has 6 rings (SSSR count). The number of hydrogen-bond acceptors (Lipinski definition) is 8. The number of benzene rings is 5. The zero-order valence-electron chi connectivity index (χ0n) is 29.3. The quantitative estimate of drug-likeness (QED) is 0.0608. The molecule has 1 fully saturated rings. The smallest absolute Gasteiger partial charge is 0.338 e. The van der Waals surface area contributed by atoms with Gasteiger partial charge >= 0.3 is 11.9 Å². The second-order valence-corrected chi connectivity index (χ2v) is 12.6. The van der Waals surface area contributed by atoms with Crippen LogP contribution in [0.5, 0.6) is 5.75 Å². The minimum Gasteiger partial charge on any atom is -0.459 e. The van der Waals surface area contributed by atoms with E-state index in [1.165, 1.54) is 12.1 Å². The Kier molecular flexibility index (Phi) is 12.9. The van der Waals surface area contributed by atoms with Crippen LogP contribution < -0.4 is 4.74 Å². The van der Waals surface area contributed by atoms with E-state index in [1.807, 2.05) is 91.0 Å². The minimum atomic E-state index is -1.08. The number of halogens is 1. The first-order chi connectivity index (χ1) is 25.9. The molecule has 0 spiro atoms. The molecule has 0 aliphatic carbocycles. The van der Waals surface area contributed by atoms with Gasteiger partial charge in [-0.25, -0.2) is 14.0 Å². The molecule has 0 saturated carbocycles. The van der Waals surface area contributed by atoms with Crippen LogP contribution in [0.1, 0.15) is 44.3 Å². The molecule has 5 aromatic carbocycles. The fraction of sp³-hybridized carbons (Fsp3) is 0.227. The maximum atomic E-state index is 15.4. The number of carbonyl (C=O) groups is 2. The lowest BCUT2D eigenvalue weighted by molar-refractivity contribution is -0.272. The number of hydrogen-bond donors (Lipinski definition) is 0. The van der Waals surface area contributed by atoms with Crippen molar-refractivity contribution in [1.82, 2.24) is 0 Å². The van der Waals surface area contributed by atoms with E-state index in [0.717, 1.165) is 22.8 Å². The normalized spacial score (nSPS) is 19.6. The second kappa shape index (κ2) is 18.3. The van der Waals surface area contributed by atoms with E-state index in [-0.39, 0.29) is 37.7 Å². The highest BCUT2D eigenvalue weighted by atomic mass is 19.1. The van der Waals surface area contributed by atoms with Gasteiger partial charge in [0.05, 0.1) is 25.4 Å². The molecule has 0 amide bonds. The summed E-state index contributed by atoms with van der Waals surface area (Å²) in [6.07, 6.45) is -3.66. The third-order valence-corrected chi connectivity index (χ3v) is 8.82. The van der Waals surface area contributed by atoms with E-state index in [2.05, 4.69) is 6.58 Å². The lowest BCUT2D eigenvalue weighted by Gasteiger charge is -2.46. The summed E-state index contributed by atoms with van der Waals surface area (Å²) in [5.41, 5.74) is 3.61. The molecule has 1 aliphatic heterocycles. The average molecular weight is 717 g/mol. The summed E-state index contributed by atoms with van der Waals surface area (Å²) in [4.78, 5) is 25.9. The first-order valence-corrected chi connectivity index (χ1v) is 17.4. The maximum absolute atomic E-state index is 15.4. The number of rotatable bonds is 15. The highest BCUT2D eigenvalue weighted by Crippen LogP contribution is 2.43. The van der Waals surface area contributed by atoms with Crippen molar-refractivity contribution in [2.75, 3.05) is 6.61 Å². The Bertz CT molecular complexity index is 1940. The molecule has 1 aliphatic rings. The van der Waals surface area contributed by atoms with Crippen LogP contribution >= 0.6 is 0 Å². The Morgan fingerprint density at radius 2 is 1.19 bits per heavy atom. The molecular formula is C44H41FO8. The van der Waals surface area contributed by atoms with Gasteiger partial charge in [0.25, 0.3) is 0 Å². The highest BCUT2D eigenvalue weighted by molar-refractivity contribution is 5.89. The summed E-state index contributed by atoms with van der Waals surface area (Å²) in [5, 5.41) is 0. The fourth-order valence-corrected chi connectivity index (χ4v) is 6.24. The van der Waals surface area contributed by atoms with Gasteiger partial charge in [-0.3, -0.25) is 0 Å². The van der Waals surface area contributed by atoms with Gasteiger partial charge in [-0.15, -0.1) is 0 Å². The van der Waals surface area contributed by atoms with Gasteiger partial charge in [0.15, 0.2) is 0 Å². The van der Waals surface area contributed by atoms with Crippen molar-refractivity contribution < 1.29 is 42.4 Å². The van der Waals surface area contributed by atoms with Gasteiger partial charge in [0.2, 0.25) is 0 Å². The molecule has 0 aromatic heterocycles. The number of ether oxygens (including phenoxy) is 6. The molecule has 9 heteroatoms. The van der Waals surface area contributed by atoms with Crippen LogP contribution in [0.2, 0.25) is 0 Å². The average Bonchev–Trinajstić information content (AvgIpc) is 3.20. The predicted molar refractivity (Wildman–Crippen MR) is 196 cm³/mol. The Morgan fingerprint density at radius 3 is 1.72 bits per heavy atom. The molecule has 0 N–H and O–H groups in total. The van der Waals surface area contributed by atoms with E-state index in [0.29, 0.717) is 11.1 Å². The fourth-order valence-electron chi connectivity index (χ4n) is 6.24. The molecule has 8 nitrogen and oxygen atoms in total. The van der Waals surface area contributed by atoms with Gasteiger partial charge < -0.3 is 28.4 Å². The number of aryl methyl sites for hydroxylation is 1. The largest absolute Gasteiger partial charge is 0.459 e. The summed E-state index contributed by atoms with van der Waals surface area (Å²) < 4.78 is 53.9. The zero-order chi connectivity index (χ0) is 37.0. The number of esters is 2. The van der Waals surface area contributed by atoms with Gasteiger partial charge in [-0.2, -0.15) is 0 Å². The summed E-state index contributed by atoms with van der Waals surface area (Å²) in [6, 6.07) is 40.0. The Balaban J connectivity index is 1.44. The van der Waals surface area contributed by atoms with Crippen molar-refractivity contribution in [3.8, 4) is 5.75 Å². The summed E-state index contributed by atoms with van der Waals surface area (Å²) in [7, 11) is 0. The lowest BCUT2D eigenvalue weighted by Crippen LogP contribution is -2.58. The first-order valence-electron chi connectivity index (χ1n) is 17.4. The van der Waals surface area contributed by atoms with Gasteiger partial charge in [0.1, 0.15) is 48.7 Å². The van der Waals surface area contributed by atoms with Crippen LogP contribution in [0, 0.1) is 12.7 Å². The van der Waals surface area contributed by atoms with Crippen molar-refractivity contribution in [2.24, 2.45) is 0 Å². The lowest BCUT2D eigenvalue weighted by atomic mass is 9.89. The van der Waals surface area contributed by atoms with E-state index < -0.39 is 48.3 Å². The van der Waals surface area contributed by atoms with Crippen LogP contribution in [0.15, 0.2) is 146 Å². The molecule has 1 saturated heterocycles. The van der Waals surface area contributed by atoms with Crippen LogP contribution in [0.4, 0.5) is 4.39 Å². The monoisotopic (exact) mass is 716 g/mol. The van der Waals surface area contributed by atoms with Crippen LogP contribution in [-0.4, -0.2) is 43.0 Å². The van der Waals surface area contributed by atoms with E-state index in [4.69, 9.17) is 28.4 Å². The molecule has 5 aromatic rings. The van der Waals surface area contributed by atoms with Crippen LogP contribution in [0.25, 0.3) is 0 Å². The Morgan fingerprint density at radius 1 is 0.698 bits per heavy atom. The molecule has 0 radical (unpaired) electrons. The van der Waals surface area contributed by atoms with Crippen molar-refractivity contribution in [3.05, 3.63) is 185 Å². The first kappa shape index (κ1) is 37.3. The van der Waals surface area contributed by atoms with Crippen molar-refractivity contribution in [2.45, 2.75) is 57.3 Å².